The molecule has 34 heavy (non-hydrogen) atoms. The summed E-state index contributed by atoms with van der Waals surface area (Å²) in [4.78, 5) is 36.7. The average molecular weight is 467 g/mol. The maximum Gasteiger partial charge on any atom is 0.407 e. The van der Waals surface area contributed by atoms with Crippen molar-refractivity contribution in [2.45, 2.75) is 58.4 Å². The largest absolute Gasteiger partial charge is 0.481 e. The van der Waals surface area contributed by atoms with Gasteiger partial charge in [0.05, 0.1) is 6.42 Å². The van der Waals surface area contributed by atoms with Gasteiger partial charge in [0, 0.05) is 12.5 Å². The Kier molecular flexibility index (Phi) is 8.31. The predicted octanol–water partition coefficient (Wildman–Crippen LogP) is 4.70. The lowest BCUT2D eigenvalue weighted by atomic mass is 9.80. The minimum atomic E-state index is -1.21. The number of ether oxygens (including phenoxy) is 1. The lowest BCUT2D eigenvalue weighted by Crippen LogP contribution is -2.50. The number of fused-ring (bicyclic) bond motifs is 3. The fourth-order valence-corrected chi connectivity index (χ4v) is 4.69. The molecule has 0 aliphatic heterocycles. The van der Waals surface area contributed by atoms with E-state index in [4.69, 9.17) is 4.74 Å². The zero-order valence-corrected chi connectivity index (χ0v) is 20.1. The quantitative estimate of drug-likeness (QED) is 0.445. The molecule has 0 saturated carbocycles. The van der Waals surface area contributed by atoms with Gasteiger partial charge in [-0.1, -0.05) is 69.3 Å². The van der Waals surface area contributed by atoms with Crippen LogP contribution >= 0.6 is 0 Å². The fraction of sp³-hybridized carbons (Fsp3) is 0.444. The van der Waals surface area contributed by atoms with Crippen molar-refractivity contribution in [1.82, 2.24) is 10.6 Å². The third kappa shape index (κ3) is 5.58. The van der Waals surface area contributed by atoms with Gasteiger partial charge in [0.15, 0.2) is 0 Å². The van der Waals surface area contributed by atoms with Gasteiger partial charge < -0.3 is 20.5 Å². The summed E-state index contributed by atoms with van der Waals surface area (Å²) in [6.45, 7) is 6.73. The number of rotatable bonds is 11. The molecular weight excluding hydrogens is 432 g/mol. The first-order valence-corrected chi connectivity index (χ1v) is 11.9. The number of hydrogen-bond acceptors (Lipinski definition) is 4. The van der Waals surface area contributed by atoms with E-state index >= 15 is 0 Å². The summed E-state index contributed by atoms with van der Waals surface area (Å²) in [7, 11) is 0. The van der Waals surface area contributed by atoms with Crippen LogP contribution in [0.25, 0.3) is 11.1 Å². The van der Waals surface area contributed by atoms with E-state index in [1.54, 1.807) is 0 Å². The van der Waals surface area contributed by atoms with Gasteiger partial charge in [-0.2, -0.15) is 0 Å². The SMILES string of the molecule is CCC(CC)(CC)CNC(=O)C(CC(=O)O)NC(=O)OCC1c2ccccc2-c2ccccc21. The van der Waals surface area contributed by atoms with Gasteiger partial charge in [0.2, 0.25) is 5.91 Å². The number of benzene rings is 2. The van der Waals surface area contributed by atoms with Crippen molar-refractivity contribution >= 4 is 18.0 Å². The molecule has 0 spiro atoms. The molecule has 1 unspecified atom stereocenters. The molecule has 0 saturated heterocycles. The summed E-state index contributed by atoms with van der Waals surface area (Å²) in [5, 5.41) is 14.6. The van der Waals surface area contributed by atoms with Crippen molar-refractivity contribution < 1.29 is 24.2 Å². The number of amides is 2. The Morgan fingerprint density at radius 1 is 0.941 bits per heavy atom. The highest BCUT2D eigenvalue weighted by Gasteiger charge is 2.31. The first-order chi connectivity index (χ1) is 16.3. The van der Waals surface area contributed by atoms with Crippen molar-refractivity contribution in [1.29, 1.82) is 0 Å². The zero-order chi connectivity index (χ0) is 24.7. The number of carbonyl (C=O) groups excluding carboxylic acids is 2. The molecule has 1 aliphatic carbocycles. The average Bonchev–Trinajstić information content (AvgIpc) is 3.17. The normalized spacial score (nSPS) is 13.5. The smallest absolute Gasteiger partial charge is 0.407 e. The van der Waals surface area contributed by atoms with Crippen LogP contribution in [0.3, 0.4) is 0 Å². The number of carbonyl (C=O) groups is 3. The summed E-state index contributed by atoms with van der Waals surface area (Å²) in [5.41, 5.74) is 4.33. The molecule has 7 nitrogen and oxygen atoms in total. The fourth-order valence-electron chi connectivity index (χ4n) is 4.69. The van der Waals surface area contributed by atoms with Gasteiger partial charge in [0.1, 0.15) is 12.6 Å². The maximum atomic E-state index is 12.8. The minimum Gasteiger partial charge on any atom is -0.481 e. The lowest BCUT2D eigenvalue weighted by Gasteiger charge is -2.31. The van der Waals surface area contributed by atoms with Gasteiger partial charge in [-0.05, 0) is 46.9 Å². The van der Waals surface area contributed by atoms with E-state index in [0.717, 1.165) is 41.5 Å². The number of carboxylic acids is 1. The van der Waals surface area contributed by atoms with Crippen molar-refractivity contribution in [3.8, 4) is 11.1 Å². The van der Waals surface area contributed by atoms with Gasteiger partial charge in [-0.25, -0.2) is 4.79 Å². The Morgan fingerprint density at radius 2 is 1.47 bits per heavy atom. The van der Waals surface area contributed by atoms with Crippen LogP contribution in [0.5, 0.6) is 0 Å². The predicted molar refractivity (Wildman–Crippen MR) is 131 cm³/mol. The second-order valence-corrected chi connectivity index (χ2v) is 8.90. The minimum absolute atomic E-state index is 0.0484. The molecule has 3 N–H and O–H groups in total. The van der Waals surface area contributed by atoms with Crippen LogP contribution in [0.15, 0.2) is 48.5 Å². The number of alkyl carbamates (subject to hydrolysis) is 1. The third-order valence-corrected chi connectivity index (χ3v) is 7.22. The van der Waals surface area contributed by atoms with E-state index in [9.17, 15) is 19.5 Å². The molecule has 3 rings (SSSR count). The van der Waals surface area contributed by atoms with Crippen LogP contribution in [0.1, 0.15) is 63.5 Å². The van der Waals surface area contributed by atoms with E-state index in [-0.39, 0.29) is 17.9 Å². The van der Waals surface area contributed by atoms with Gasteiger partial charge in [-0.15, -0.1) is 0 Å². The van der Waals surface area contributed by atoms with E-state index in [2.05, 4.69) is 31.4 Å². The molecule has 2 aromatic carbocycles. The van der Waals surface area contributed by atoms with Crippen LogP contribution in [0.2, 0.25) is 0 Å². The van der Waals surface area contributed by atoms with Gasteiger partial charge in [-0.3, -0.25) is 9.59 Å². The van der Waals surface area contributed by atoms with Crippen LogP contribution in [0, 0.1) is 5.41 Å². The van der Waals surface area contributed by atoms with Crippen LogP contribution in [0.4, 0.5) is 4.79 Å². The van der Waals surface area contributed by atoms with E-state index < -0.39 is 30.4 Å². The highest BCUT2D eigenvalue weighted by atomic mass is 16.5. The molecule has 1 atom stereocenters. The standard InChI is InChI=1S/C27H34N2O5/c1-4-27(5-2,6-3)17-28-25(32)23(15-24(30)31)29-26(33)34-16-22-20-13-9-7-11-18(20)19-12-8-10-14-21(19)22/h7-14,22-23H,4-6,15-17H2,1-3H3,(H,28,32)(H,29,33)(H,30,31). The highest BCUT2D eigenvalue weighted by Crippen LogP contribution is 2.44. The number of hydrogen-bond donors (Lipinski definition) is 3. The maximum absolute atomic E-state index is 12.8. The molecule has 0 aromatic heterocycles. The molecule has 0 bridgehead atoms. The Labute approximate surface area is 200 Å². The second kappa shape index (κ2) is 11.2. The van der Waals surface area contributed by atoms with E-state index in [0.29, 0.717) is 6.54 Å². The van der Waals surface area contributed by atoms with Gasteiger partial charge >= 0.3 is 12.1 Å². The topological polar surface area (TPSA) is 105 Å². The molecule has 0 fully saturated rings. The molecular formula is C27H34N2O5. The van der Waals surface area contributed by atoms with Crippen LogP contribution < -0.4 is 10.6 Å². The zero-order valence-electron chi connectivity index (χ0n) is 20.1. The van der Waals surface area contributed by atoms with Crippen LogP contribution in [-0.2, 0) is 14.3 Å². The summed E-state index contributed by atoms with van der Waals surface area (Å²) in [5.74, 6) is -1.81. The van der Waals surface area contributed by atoms with E-state index in [1.165, 1.54) is 0 Å². The lowest BCUT2D eigenvalue weighted by molar-refractivity contribution is -0.139. The Balaban J connectivity index is 1.64. The first kappa shape index (κ1) is 25.3. The number of aliphatic carboxylic acids is 1. The second-order valence-electron chi connectivity index (χ2n) is 8.90. The summed E-state index contributed by atoms with van der Waals surface area (Å²) in [6, 6.07) is 14.8. The van der Waals surface area contributed by atoms with E-state index in [1.807, 2.05) is 48.5 Å². The summed E-state index contributed by atoms with van der Waals surface area (Å²) in [6.07, 6.45) is 1.35. The molecule has 1 aliphatic rings. The van der Waals surface area contributed by atoms with Gasteiger partial charge in [0.25, 0.3) is 0 Å². The van der Waals surface area contributed by atoms with Crippen LogP contribution in [-0.4, -0.2) is 42.3 Å². The first-order valence-electron chi connectivity index (χ1n) is 11.9. The molecule has 182 valence electrons. The third-order valence-electron chi connectivity index (χ3n) is 7.22. The Morgan fingerprint density at radius 3 is 1.97 bits per heavy atom. The number of carboxylic acid groups (broad SMARTS) is 1. The van der Waals surface area contributed by atoms with Crippen molar-refractivity contribution in [2.24, 2.45) is 5.41 Å². The summed E-state index contributed by atoms with van der Waals surface area (Å²) < 4.78 is 5.49. The van der Waals surface area contributed by atoms with Crippen molar-refractivity contribution in [3.05, 3.63) is 59.7 Å². The molecule has 2 amide bonds. The number of nitrogens with one attached hydrogen (secondary N) is 2. The Bertz CT molecular complexity index is 977. The summed E-state index contributed by atoms with van der Waals surface area (Å²) >= 11 is 0. The Hall–Kier alpha value is -3.35. The molecule has 0 radical (unpaired) electrons. The van der Waals surface area contributed by atoms with Crippen molar-refractivity contribution in [2.75, 3.05) is 13.2 Å². The molecule has 7 heteroatoms. The molecule has 0 heterocycles. The monoisotopic (exact) mass is 466 g/mol. The highest BCUT2D eigenvalue weighted by molar-refractivity contribution is 5.89. The molecule has 2 aromatic rings. The van der Waals surface area contributed by atoms with Crippen molar-refractivity contribution in [3.63, 3.8) is 0 Å².